The second-order valence-corrected chi connectivity index (χ2v) is 6.80. The highest BCUT2D eigenvalue weighted by molar-refractivity contribution is 5.93. The first-order valence-electron chi connectivity index (χ1n) is 9.23. The van der Waals surface area contributed by atoms with Crippen molar-refractivity contribution >= 4 is 28.8 Å². The quantitative estimate of drug-likeness (QED) is 0.805. The average Bonchev–Trinajstić information content (AvgIpc) is 2.90. The summed E-state index contributed by atoms with van der Waals surface area (Å²) in [6.45, 7) is 6.31. The van der Waals surface area contributed by atoms with Crippen molar-refractivity contribution in [2.45, 2.75) is 19.8 Å². The van der Waals surface area contributed by atoms with Crippen LogP contribution in [0, 0.1) is 0 Å². The van der Waals surface area contributed by atoms with E-state index in [1.54, 1.807) is 26.2 Å². The molecule has 0 saturated carbocycles. The first kappa shape index (κ1) is 19.1. The first-order valence-corrected chi connectivity index (χ1v) is 9.23. The number of hydrogen-bond donors (Lipinski definition) is 1. The maximum Gasteiger partial charge on any atom is 0.329 e. The van der Waals surface area contributed by atoms with Crippen LogP contribution >= 0.6 is 0 Å². The lowest BCUT2D eigenvalue weighted by atomic mass is 10.2. The third-order valence-electron chi connectivity index (χ3n) is 5.11. The van der Waals surface area contributed by atoms with E-state index in [0.717, 1.165) is 19.6 Å². The standard InChI is InChI=1S/C18H26N6O3/c1-4-23-9-11-24(12-10-23)16(26)8-7-15(25)19-14-6-5-13-17(20-14)22(3)18(27)21(13)2/h5-6H,4,7-12H2,1-3H3,(H,19,20,25). The van der Waals surface area contributed by atoms with Crippen LogP contribution in [0.15, 0.2) is 16.9 Å². The van der Waals surface area contributed by atoms with E-state index in [1.807, 2.05) is 4.90 Å². The van der Waals surface area contributed by atoms with Gasteiger partial charge in [-0.2, -0.15) is 0 Å². The first-order chi connectivity index (χ1) is 12.9. The molecule has 2 aromatic rings. The molecule has 2 aromatic heterocycles. The smallest absolute Gasteiger partial charge is 0.329 e. The summed E-state index contributed by atoms with van der Waals surface area (Å²) >= 11 is 0. The number of aromatic nitrogens is 3. The number of rotatable bonds is 5. The maximum absolute atomic E-state index is 12.3. The van der Waals surface area contributed by atoms with Crippen molar-refractivity contribution in [2.75, 3.05) is 38.0 Å². The molecule has 0 bridgehead atoms. The summed E-state index contributed by atoms with van der Waals surface area (Å²) in [5.41, 5.74) is 1.03. The summed E-state index contributed by atoms with van der Waals surface area (Å²) in [5, 5.41) is 2.71. The van der Waals surface area contributed by atoms with Crippen molar-refractivity contribution in [3.05, 3.63) is 22.6 Å². The van der Waals surface area contributed by atoms with Gasteiger partial charge in [0.2, 0.25) is 11.8 Å². The van der Waals surface area contributed by atoms with Crippen LogP contribution in [0.25, 0.3) is 11.2 Å². The van der Waals surface area contributed by atoms with Crippen molar-refractivity contribution in [1.29, 1.82) is 0 Å². The van der Waals surface area contributed by atoms with Gasteiger partial charge in [-0.3, -0.25) is 18.7 Å². The Morgan fingerprint density at radius 2 is 1.78 bits per heavy atom. The molecule has 27 heavy (non-hydrogen) atoms. The molecule has 1 aliphatic rings. The molecule has 2 amide bonds. The van der Waals surface area contributed by atoms with Gasteiger partial charge in [-0.15, -0.1) is 0 Å². The molecule has 3 heterocycles. The molecule has 3 rings (SSSR count). The predicted molar refractivity (Wildman–Crippen MR) is 103 cm³/mol. The van der Waals surface area contributed by atoms with Crippen LogP contribution in [-0.2, 0) is 23.7 Å². The molecule has 9 heteroatoms. The zero-order valence-corrected chi connectivity index (χ0v) is 16.1. The second kappa shape index (κ2) is 7.91. The van der Waals surface area contributed by atoms with Gasteiger partial charge in [0, 0.05) is 53.1 Å². The van der Waals surface area contributed by atoms with Gasteiger partial charge in [-0.1, -0.05) is 6.92 Å². The van der Waals surface area contributed by atoms with Crippen molar-refractivity contribution in [3.63, 3.8) is 0 Å². The monoisotopic (exact) mass is 374 g/mol. The van der Waals surface area contributed by atoms with Crippen LogP contribution in [0.1, 0.15) is 19.8 Å². The van der Waals surface area contributed by atoms with E-state index in [-0.39, 0.29) is 30.3 Å². The fourth-order valence-electron chi connectivity index (χ4n) is 3.34. The molecule has 1 saturated heterocycles. The topological polar surface area (TPSA) is 92.5 Å². The minimum absolute atomic E-state index is 0.00905. The lowest BCUT2D eigenvalue weighted by Gasteiger charge is -2.34. The Kier molecular flexibility index (Phi) is 5.59. The normalized spacial score (nSPS) is 15.3. The molecule has 0 atom stereocenters. The minimum Gasteiger partial charge on any atom is -0.340 e. The number of carbonyl (C=O) groups is 2. The summed E-state index contributed by atoms with van der Waals surface area (Å²) in [6, 6.07) is 3.41. The highest BCUT2D eigenvalue weighted by Crippen LogP contribution is 2.13. The lowest BCUT2D eigenvalue weighted by Crippen LogP contribution is -2.48. The van der Waals surface area contributed by atoms with E-state index in [1.165, 1.54) is 9.13 Å². The number of nitrogens with one attached hydrogen (secondary N) is 1. The highest BCUT2D eigenvalue weighted by atomic mass is 16.2. The van der Waals surface area contributed by atoms with E-state index in [9.17, 15) is 14.4 Å². The largest absolute Gasteiger partial charge is 0.340 e. The molecule has 9 nitrogen and oxygen atoms in total. The Morgan fingerprint density at radius 1 is 1.07 bits per heavy atom. The van der Waals surface area contributed by atoms with Gasteiger partial charge in [0.1, 0.15) is 5.82 Å². The van der Waals surface area contributed by atoms with Gasteiger partial charge in [-0.05, 0) is 18.7 Å². The van der Waals surface area contributed by atoms with Crippen LogP contribution in [-0.4, -0.2) is 68.5 Å². The number of anilines is 1. The fraction of sp³-hybridized carbons (Fsp3) is 0.556. The summed E-state index contributed by atoms with van der Waals surface area (Å²) < 4.78 is 2.94. The SMILES string of the molecule is CCN1CCN(C(=O)CCC(=O)Nc2ccc3c(n2)n(C)c(=O)n3C)CC1. The van der Waals surface area contributed by atoms with E-state index in [2.05, 4.69) is 22.1 Å². The summed E-state index contributed by atoms with van der Waals surface area (Å²) in [5.74, 6) is 0.121. The Hall–Kier alpha value is -2.68. The molecule has 146 valence electrons. The summed E-state index contributed by atoms with van der Waals surface area (Å²) in [7, 11) is 3.32. The molecule has 1 aliphatic heterocycles. The highest BCUT2D eigenvalue weighted by Gasteiger charge is 2.20. The van der Waals surface area contributed by atoms with Crippen LogP contribution in [0.5, 0.6) is 0 Å². The fourth-order valence-corrected chi connectivity index (χ4v) is 3.34. The molecule has 0 spiro atoms. The Balaban J connectivity index is 1.55. The Morgan fingerprint density at radius 3 is 2.44 bits per heavy atom. The van der Waals surface area contributed by atoms with E-state index < -0.39 is 0 Å². The number of imidazole rings is 1. The van der Waals surface area contributed by atoms with E-state index in [0.29, 0.717) is 30.1 Å². The van der Waals surface area contributed by atoms with Crippen LogP contribution in [0.4, 0.5) is 5.82 Å². The molecule has 0 aliphatic carbocycles. The van der Waals surface area contributed by atoms with Gasteiger partial charge >= 0.3 is 5.69 Å². The van der Waals surface area contributed by atoms with Crippen molar-refractivity contribution in [3.8, 4) is 0 Å². The number of hydrogen-bond acceptors (Lipinski definition) is 5. The van der Waals surface area contributed by atoms with Gasteiger partial charge in [-0.25, -0.2) is 9.78 Å². The van der Waals surface area contributed by atoms with Crippen LogP contribution < -0.4 is 11.0 Å². The average molecular weight is 374 g/mol. The van der Waals surface area contributed by atoms with Gasteiger partial charge in [0.15, 0.2) is 5.65 Å². The third kappa shape index (κ3) is 4.02. The zero-order chi connectivity index (χ0) is 19.6. The van der Waals surface area contributed by atoms with Gasteiger partial charge in [0.25, 0.3) is 0 Å². The van der Waals surface area contributed by atoms with Crippen LogP contribution in [0.3, 0.4) is 0 Å². The number of pyridine rings is 1. The number of piperazine rings is 1. The molecular weight excluding hydrogens is 348 g/mol. The molecule has 0 aromatic carbocycles. The van der Waals surface area contributed by atoms with E-state index >= 15 is 0 Å². The summed E-state index contributed by atoms with van der Waals surface area (Å²) in [4.78, 5) is 44.9. The molecule has 1 N–H and O–H groups in total. The zero-order valence-electron chi connectivity index (χ0n) is 16.1. The predicted octanol–water partition coefficient (Wildman–Crippen LogP) is 0.155. The second-order valence-electron chi connectivity index (χ2n) is 6.80. The number of carbonyl (C=O) groups excluding carboxylic acids is 2. The summed E-state index contributed by atoms with van der Waals surface area (Å²) in [6.07, 6.45) is 0.296. The molecule has 1 fully saturated rings. The third-order valence-corrected chi connectivity index (χ3v) is 5.11. The van der Waals surface area contributed by atoms with Crippen molar-refractivity contribution in [2.24, 2.45) is 14.1 Å². The van der Waals surface area contributed by atoms with Gasteiger partial charge < -0.3 is 15.1 Å². The number of likely N-dealkylation sites (N-methyl/N-ethyl adjacent to an activating group) is 1. The molecular formula is C18H26N6O3. The molecule has 0 radical (unpaired) electrons. The lowest BCUT2D eigenvalue weighted by molar-refractivity contribution is -0.134. The Bertz CT molecular complexity index is 908. The maximum atomic E-state index is 12.3. The van der Waals surface area contributed by atoms with Crippen molar-refractivity contribution < 1.29 is 9.59 Å². The number of aryl methyl sites for hydroxylation is 2. The minimum atomic E-state index is -0.261. The van der Waals surface area contributed by atoms with Crippen molar-refractivity contribution in [1.82, 2.24) is 23.9 Å². The number of amides is 2. The Labute approximate surface area is 157 Å². The van der Waals surface area contributed by atoms with Crippen LogP contribution in [0.2, 0.25) is 0 Å². The molecule has 0 unspecified atom stereocenters. The van der Waals surface area contributed by atoms with E-state index in [4.69, 9.17) is 0 Å². The number of nitrogens with zero attached hydrogens (tertiary/aromatic N) is 5. The van der Waals surface area contributed by atoms with Gasteiger partial charge in [0.05, 0.1) is 5.52 Å². The number of fused-ring (bicyclic) bond motifs is 1.